The van der Waals surface area contributed by atoms with E-state index in [2.05, 4.69) is 16.0 Å². The molecule has 10 nitrogen and oxygen atoms in total. The smallest absolute Gasteiger partial charge is 0.328 e. The van der Waals surface area contributed by atoms with E-state index < -0.39 is 41.9 Å². The van der Waals surface area contributed by atoms with Gasteiger partial charge in [-0.1, -0.05) is 0 Å². The van der Waals surface area contributed by atoms with Crippen molar-refractivity contribution in [2.75, 3.05) is 13.1 Å². The zero-order chi connectivity index (χ0) is 16.6. The van der Waals surface area contributed by atoms with Gasteiger partial charge in [0, 0.05) is 0 Å². The molecule has 7 N–H and O–H groups in total. The summed E-state index contributed by atoms with van der Waals surface area (Å²) < 4.78 is 0. The Labute approximate surface area is 121 Å². The first-order valence-electron chi connectivity index (χ1n) is 6.16. The van der Waals surface area contributed by atoms with Crippen molar-refractivity contribution in [3.63, 3.8) is 0 Å². The standard InChI is InChI=1S/C11H20N4O6/c1-5(14-8(18)4-13-7(17)3-12)10(19)15-9(6(2)16)11(20)21/h5-6,9,16H,3-4,12H2,1-2H3,(H,13,17)(H,14,18)(H,15,19)(H,20,21). The number of carboxylic acid groups (broad SMARTS) is 1. The molecule has 0 saturated heterocycles. The Bertz CT molecular complexity index is 412. The van der Waals surface area contributed by atoms with Gasteiger partial charge in [0.25, 0.3) is 0 Å². The number of carbonyl (C=O) groups is 4. The Morgan fingerprint density at radius 2 is 1.67 bits per heavy atom. The summed E-state index contributed by atoms with van der Waals surface area (Å²) in [5.41, 5.74) is 5.03. The fourth-order valence-corrected chi connectivity index (χ4v) is 1.28. The fourth-order valence-electron chi connectivity index (χ4n) is 1.28. The molecule has 0 spiro atoms. The Morgan fingerprint density at radius 3 is 2.10 bits per heavy atom. The average Bonchev–Trinajstić information content (AvgIpc) is 2.40. The Hall–Kier alpha value is -2.20. The maximum Gasteiger partial charge on any atom is 0.328 e. The van der Waals surface area contributed by atoms with E-state index in [0.717, 1.165) is 0 Å². The summed E-state index contributed by atoms with van der Waals surface area (Å²) in [6.45, 7) is 1.92. The fraction of sp³-hybridized carbons (Fsp3) is 0.636. The van der Waals surface area contributed by atoms with Gasteiger partial charge < -0.3 is 31.9 Å². The molecule has 0 aromatic rings. The Morgan fingerprint density at radius 1 is 1.10 bits per heavy atom. The number of hydrogen-bond donors (Lipinski definition) is 6. The summed E-state index contributed by atoms with van der Waals surface area (Å²) in [5, 5.41) is 24.6. The minimum atomic E-state index is -1.48. The predicted molar refractivity (Wildman–Crippen MR) is 70.9 cm³/mol. The van der Waals surface area contributed by atoms with Crippen molar-refractivity contribution in [2.45, 2.75) is 32.0 Å². The Kier molecular flexibility index (Phi) is 7.94. The van der Waals surface area contributed by atoms with Crippen molar-refractivity contribution in [3.05, 3.63) is 0 Å². The van der Waals surface area contributed by atoms with Gasteiger partial charge in [0.1, 0.15) is 6.04 Å². The molecule has 0 radical (unpaired) electrons. The van der Waals surface area contributed by atoms with Crippen LogP contribution in [-0.4, -0.2) is 65.2 Å². The molecule has 0 heterocycles. The molecular formula is C11H20N4O6. The van der Waals surface area contributed by atoms with Crippen molar-refractivity contribution in [1.29, 1.82) is 0 Å². The van der Waals surface area contributed by atoms with Gasteiger partial charge in [0.05, 0.1) is 19.2 Å². The van der Waals surface area contributed by atoms with Crippen LogP contribution in [0.4, 0.5) is 0 Å². The number of carbonyl (C=O) groups excluding carboxylic acids is 3. The molecule has 0 aromatic carbocycles. The highest BCUT2D eigenvalue weighted by molar-refractivity contribution is 5.91. The topological polar surface area (TPSA) is 171 Å². The highest BCUT2D eigenvalue weighted by atomic mass is 16.4. The molecule has 0 aromatic heterocycles. The SMILES string of the molecule is CC(NC(=O)CNC(=O)CN)C(=O)NC(C(=O)O)C(C)O. The number of rotatable bonds is 8. The zero-order valence-corrected chi connectivity index (χ0v) is 11.8. The zero-order valence-electron chi connectivity index (χ0n) is 11.8. The van der Waals surface area contributed by atoms with Crippen molar-refractivity contribution in [2.24, 2.45) is 5.73 Å². The Balaban J connectivity index is 4.35. The first-order chi connectivity index (χ1) is 9.68. The summed E-state index contributed by atoms with van der Waals surface area (Å²) in [6, 6.07) is -2.51. The number of nitrogens with two attached hydrogens (primary N) is 1. The van der Waals surface area contributed by atoms with Crippen LogP contribution in [0.2, 0.25) is 0 Å². The van der Waals surface area contributed by atoms with E-state index in [-0.39, 0.29) is 13.1 Å². The molecule has 0 bridgehead atoms. The maximum absolute atomic E-state index is 11.7. The summed E-state index contributed by atoms with van der Waals surface area (Å²) in [6.07, 6.45) is -1.29. The lowest BCUT2D eigenvalue weighted by Crippen LogP contribution is -2.54. The second kappa shape index (κ2) is 8.87. The van der Waals surface area contributed by atoms with Crippen molar-refractivity contribution in [3.8, 4) is 0 Å². The molecule has 3 amide bonds. The van der Waals surface area contributed by atoms with Crippen molar-refractivity contribution >= 4 is 23.7 Å². The lowest BCUT2D eigenvalue weighted by atomic mass is 10.1. The molecule has 0 aliphatic heterocycles. The quantitative estimate of drug-likeness (QED) is 0.270. The minimum absolute atomic E-state index is 0.266. The molecule has 0 aliphatic rings. The lowest BCUT2D eigenvalue weighted by Gasteiger charge is -2.20. The number of hydrogen-bond acceptors (Lipinski definition) is 6. The van der Waals surface area contributed by atoms with E-state index in [1.807, 2.05) is 0 Å². The molecule has 3 unspecified atom stereocenters. The number of aliphatic carboxylic acids is 1. The van der Waals surface area contributed by atoms with Gasteiger partial charge in [-0.2, -0.15) is 0 Å². The average molecular weight is 304 g/mol. The molecule has 0 aliphatic carbocycles. The third kappa shape index (κ3) is 7.22. The number of aliphatic hydroxyl groups is 1. The third-order valence-corrected chi connectivity index (χ3v) is 2.45. The summed E-state index contributed by atoms with van der Waals surface area (Å²) in [5.74, 6) is -3.33. The van der Waals surface area contributed by atoms with E-state index in [4.69, 9.17) is 10.8 Å². The van der Waals surface area contributed by atoms with Crippen LogP contribution in [0.1, 0.15) is 13.8 Å². The van der Waals surface area contributed by atoms with E-state index >= 15 is 0 Å². The van der Waals surface area contributed by atoms with Gasteiger partial charge in [-0.15, -0.1) is 0 Å². The molecule has 3 atom stereocenters. The first kappa shape index (κ1) is 18.8. The van der Waals surface area contributed by atoms with Gasteiger partial charge in [-0.3, -0.25) is 14.4 Å². The van der Waals surface area contributed by atoms with Crippen LogP contribution in [0, 0.1) is 0 Å². The summed E-state index contributed by atoms with van der Waals surface area (Å²) in [4.78, 5) is 44.8. The second-order valence-corrected chi connectivity index (χ2v) is 4.34. The van der Waals surface area contributed by atoms with Crippen LogP contribution < -0.4 is 21.7 Å². The number of nitrogens with one attached hydrogen (secondary N) is 3. The van der Waals surface area contributed by atoms with Gasteiger partial charge in [-0.05, 0) is 13.8 Å². The molecule has 0 fully saturated rings. The van der Waals surface area contributed by atoms with Crippen LogP contribution in [-0.2, 0) is 19.2 Å². The highest BCUT2D eigenvalue weighted by Gasteiger charge is 2.27. The van der Waals surface area contributed by atoms with Gasteiger partial charge in [-0.25, -0.2) is 4.79 Å². The van der Waals surface area contributed by atoms with E-state index in [9.17, 15) is 24.3 Å². The monoisotopic (exact) mass is 304 g/mol. The molecule has 21 heavy (non-hydrogen) atoms. The predicted octanol–water partition coefficient (Wildman–Crippen LogP) is -3.48. The number of aliphatic hydroxyl groups excluding tert-OH is 1. The van der Waals surface area contributed by atoms with Crippen molar-refractivity contribution < 1.29 is 29.4 Å². The number of carboxylic acids is 1. The van der Waals surface area contributed by atoms with Gasteiger partial charge >= 0.3 is 5.97 Å². The van der Waals surface area contributed by atoms with Gasteiger partial charge in [0.15, 0.2) is 6.04 Å². The lowest BCUT2D eigenvalue weighted by molar-refractivity contribution is -0.145. The molecule has 0 rings (SSSR count). The van der Waals surface area contributed by atoms with Crippen LogP contribution in [0.25, 0.3) is 0 Å². The largest absolute Gasteiger partial charge is 0.480 e. The van der Waals surface area contributed by atoms with E-state index in [1.54, 1.807) is 0 Å². The second-order valence-electron chi connectivity index (χ2n) is 4.34. The molecular weight excluding hydrogens is 284 g/mol. The van der Waals surface area contributed by atoms with Crippen molar-refractivity contribution in [1.82, 2.24) is 16.0 Å². The summed E-state index contributed by atoms with van der Waals surface area (Å²) >= 11 is 0. The van der Waals surface area contributed by atoms with Crippen LogP contribution in [0.3, 0.4) is 0 Å². The van der Waals surface area contributed by atoms with Crippen LogP contribution >= 0.6 is 0 Å². The van der Waals surface area contributed by atoms with Crippen LogP contribution in [0.5, 0.6) is 0 Å². The molecule has 0 saturated carbocycles. The first-order valence-corrected chi connectivity index (χ1v) is 6.16. The van der Waals surface area contributed by atoms with E-state index in [1.165, 1.54) is 13.8 Å². The normalized spacial score (nSPS) is 14.5. The maximum atomic E-state index is 11.7. The minimum Gasteiger partial charge on any atom is -0.480 e. The third-order valence-electron chi connectivity index (χ3n) is 2.45. The van der Waals surface area contributed by atoms with E-state index in [0.29, 0.717) is 0 Å². The van der Waals surface area contributed by atoms with Crippen LogP contribution in [0.15, 0.2) is 0 Å². The summed E-state index contributed by atoms with van der Waals surface area (Å²) in [7, 11) is 0. The molecule has 120 valence electrons. The highest BCUT2D eigenvalue weighted by Crippen LogP contribution is 1.94. The van der Waals surface area contributed by atoms with Gasteiger partial charge in [0.2, 0.25) is 17.7 Å². The molecule has 10 heteroatoms. The number of amides is 3.